The van der Waals surface area contributed by atoms with Gasteiger partial charge in [-0.25, -0.2) is 0 Å². The first-order valence-electron chi connectivity index (χ1n) is 3.45. The van der Waals surface area contributed by atoms with Crippen LogP contribution in [0.2, 0.25) is 0 Å². The number of alkyl halides is 1. The third-order valence-corrected chi connectivity index (χ3v) is 3.15. The second kappa shape index (κ2) is 4.11. The topological polar surface area (TPSA) is 23.8 Å². The Labute approximate surface area is 90.5 Å². The average Bonchev–Trinajstić information content (AvgIpc) is 2.08. The van der Waals surface area contributed by atoms with E-state index in [4.69, 9.17) is 16.9 Å². The average molecular weight is 292 g/mol. The number of nitrogens with zero attached hydrogens (tertiary/aromatic N) is 1. The maximum Gasteiger partial charge on any atom is 0.145 e. The Morgan fingerprint density at radius 2 is 2.25 bits per heavy atom. The molecular weight excluding hydrogens is 284 g/mol. The van der Waals surface area contributed by atoms with Crippen molar-refractivity contribution < 1.29 is 0 Å². The fraction of sp³-hybridized carbons (Fsp3) is 0.222. The fourth-order valence-corrected chi connectivity index (χ4v) is 1.37. The van der Waals surface area contributed by atoms with Crippen molar-refractivity contribution in [2.24, 2.45) is 0 Å². The lowest BCUT2D eigenvalue weighted by Gasteiger charge is -2.03. The van der Waals surface area contributed by atoms with Crippen LogP contribution < -0.4 is 0 Å². The molecule has 0 aliphatic carbocycles. The van der Waals surface area contributed by atoms with Crippen molar-refractivity contribution in [2.75, 3.05) is 0 Å². The van der Waals surface area contributed by atoms with Gasteiger partial charge in [0.25, 0.3) is 0 Å². The number of benzene rings is 1. The van der Waals surface area contributed by atoms with E-state index in [9.17, 15) is 0 Å². The summed E-state index contributed by atoms with van der Waals surface area (Å²) in [5.74, 6) is 0. The summed E-state index contributed by atoms with van der Waals surface area (Å²) >= 11 is 8.00. The number of halogens is 2. The number of hydrogen-bond acceptors (Lipinski definition) is 1. The molecule has 0 aromatic heterocycles. The van der Waals surface area contributed by atoms with Gasteiger partial charge in [-0.15, -0.1) is 11.6 Å². The third-order valence-electron chi connectivity index (χ3n) is 1.59. The van der Waals surface area contributed by atoms with Crippen molar-refractivity contribution in [3.63, 3.8) is 0 Å². The molecule has 0 saturated carbocycles. The molecule has 0 aliphatic rings. The fourth-order valence-electron chi connectivity index (χ4n) is 0.900. The zero-order valence-corrected chi connectivity index (χ0v) is 9.43. The van der Waals surface area contributed by atoms with Gasteiger partial charge in [-0.1, -0.05) is 12.1 Å². The summed E-state index contributed by atoms with van der Waals surface area (Å²) in [6.07, 6.45) is 0. The smallest absolute Gasteiger partial charge is 0.145 e. The molecule has 1 rings (SSSR count). The second-order valence-corrected chi connectivity index (χ2v) is 4.10. The summed E-state index contributed by atoms with van der Waals surface area (Å²) in [4.78, 5) is 0. The maximum absolute atomic E-state index is 8.56. The van der Waals surface area contributed by atoms with Gasteiger partial charge in [-0.05, 0) is 46.7 Å². The van der Waals surface area contributed by atoms with E-state index in [0.717, 1.165) is 11.1 Å². The summed E-state index contributed by atoms with van der Waals surface area (Å²) in [7, 11) is 0. The molecule has 62 valence electrons. The lowest BCUT2D eigenvalue weighted by Crippen LogP contribution is -1.88. The molecule has 0 saturated heterocycles. The predicted molar refractivity (Wildman–Crippen MR) is 58.1 cm³/mol. The van der Waals surface area contributed by atoms with E-state index in [0.29, 0.717) is 0 Å². The predicted octanol–water partition coefficient (Wildman–Crippen LogP) is 3.40. The van der Waals surface area contributed by atoms with Gasteiger partial charge < -0.3 is 0 Å². The highest BCUT2D eigenvalue weighted by Gasteiger charge is 2.06. The van der Waals surface area contributed by atoms with Crippen LogP contribution in [0.15, 0.2) is 18.2 Å². The lowest BCUT2D eigenvalue weighted by molar-refractivity contribution is 1.19. The standard InChI is InChI=1S/C9H7ClIN/c1-6-4-7(8(10)5-12)2-3-9(6)11/h2-4,8H,1H3. The van der Waals surface area contributed by atoms with Gasteiger partial charge in [0.2, 0.25) is 0 Å². The molecule has 1 unspecified atom stereocenters. The normalized spacial score (nSPS) is 12.2. The van der Waals surface area contributed by atoms with E-state index >= 15 is 0 Å². The van der Waals surface area contributed by atoms with Crippen LogP contribution in [0.1, 0.15) is 16.5 Å². The Morgan fingerprint density at radius 1 is 1.58 bits per heavy atom. The van der Waals surface area contributed by atoms with Crippen molar-refractivity contribution in [1.29, 1.82) is 5.26 Å². The Bertz CT molecular complexity index is 330. The molecule has 0 radical (unpaired) electrons. The molecule has 0 aliphatic heterocycles. The minimum atomic E-state index is -0.527. The van der Waals surface area contributed by atoms with Crippen LogP contribution in [-0.2, 0) is 0 Å². The zero-order chi connectivity index (χ0) is 9.14. The van der Waals surface area contributed by atoms with Crippen LogP contribution in [-0.4, -0.2) is 0 Å². The van der Waals surface area contributed by atoms with Crippen LogP contribution >= 0.6 is 34.2 Å². The summed E-state index contributed by atoms with van der Waals surface area (Å²) in [6.45, 7) is 2.01. The van der Waals surface area contributed by atoms with Crippen molar-refractivity contribution in [2.45, 2.75) is 12.3 Å². The molecule has 0 spiro atoms. The van der Waals surface area contributed by atoms with Crippen molar-refractivity contribution in [1.82, 2.24) is 0 Å². The molecule has 0 N–H and O–H groups in total. The molecule has 12 heavy (non-hydrogen) atoms. The van der Waals surface area contributed by atoms with Gasteiger partial charge in [0.1, 0.15) is 5.38 Å². The van der Waals surface area contributed by atoms with Crippen molar-refractivity contribution >= 4 is 34.2 Å². The van der Waals surface area contributed by atoms with Crippen LogP contribution in [0.4, 0.5) is 0 Å². The van der Waals surface area contributed by atoms with E-state index in [1.165, 1.54) is 3.57 Å². The SMILES string of the molecule is Cc1cc(C(Cl)C#N)ccc1I. The van der Waals surface area contributed by atoms with Gasteiger partial charge in [0.05, 0.1) is 6.07 Å². The van der Waals surface area contributed by atoms with Crippen molar-refractivity contribution in [3.05, 3.63) is 32.9 Å². The number of rotatable bonds is 1. The Hall–Kier alpha value is -0.270. The molecule has 1 atom stereocenters. The molecule has 1 nitrogen and oxygen atoms in total. The van der Waals surface area contributed by atoms with Gasteiger partial charge in [-0.2, -0.15) is 5.26 Å². The number of aryl methyl sites for hydroxylation is 1. The van der Waals surface area contributed by atoms with Gasteiger partial charge in [0.15, 0.2) is 0 Å². The molecule has 0 amide bonds. The largest absolute Gasteiger partial charge is 0.196 e. The highest BCUT2D eigenvalue weighted by Crippen LogP contribution is 2.22. The quantitative estimate of drug-likeness (QED) is 0.574. The van der Waals surface area contributed by atoms with E-state index in [2.05, 4.69) is 22.6 Å². The minimum Gasteiger partial charge on any atom is -0.196 e. The highest BCUT2D eigenvalue weighted by atomic mass is 127. The Kier molecular flexibility index (Phi) is 3.36. The van der Waals surface area contributed by atoms with Gasteiger partial charge in [-0.3, -0.25) is 0 Å². The minimum absolute atomic E-state index is 0.527. The van der Waals surface area contributed by atoms with E-state index in [-0.39, 0.29) is 0 Å². The first-order chi connectivity index (χ1) is 5.65. The second-order valence-electron chi connectivity index (χ2n) is 2.50. The summed E-state index contributed by atoms with van der Waals surface area (Å²) in [6, 6.07) is 7.79. The Morgan fingerprint density at radius 3 is 2.75 bits per heavy atom. The van der Waals surface area contributed by atoms with E-state index in [1.54, 1.807) is 0 Å². The van der Waals surface area contributed by atoms with E-state index < -0.39 is 5.38 Å². The van der Waals surface area contributed by atoms with E-state index in [1.807, 2.05) is 31.2 Å². The van der Waals surface area contributed by atoms with Gasteiger partial charge in [0, 0.05) is 3.57 Å². The summed E-state index contributed by atoms with van der Waals surface area (Å²) < 4.78 is 1.19. The highest BCUT2D eigenvalue weighted by molar-refractivity contribution is 14.1. The summed E-state index contributed by atoms with van der Waals surface area (Å²) in [5, 5.41) is 8.04. The molecule has 0 heterocycles. The number of nitriles is 1. The van der Waals surface area contributed by atoms with Crippen LogP contribution in [0.5, 0.6) is 0 Å². The Balaban J connectivity index is 3.06. The first kappa shape index (κ1) is 9.82. The lowest BCUT2D eigenvalue weighted by atomic mass is 10.1. The summed E-state index contributed by atoms with van der Waals surface area (Å²) in [5.41, 5.74) is 2.03. The third kappa shape index (κ3) is 2.11. The first-order valence-corrected chi connectivity index (χ1v) is 4.96. The molecular formula is C9H7ClIN. The van der Waals surface area contributed by atoms with Crippen molar-refractivity contribution in [3.8, 4) is 6.07 Å². The number of hydrogen-bond donors (Lipinski definition) is 0. The van der Waals surface area contributed by atoms with Crippen LogP contribution in [0, 0.1) is 21.8 Å². The van der Waals surface area contributed by atoms with Gasteiger partial charge >= 0.3 is 0 Å². The zero-order valence-electron chi connectivity index (χ0n) is 6.51. The molecule has 0 fully saturated rings. The molecule has 1 aromatic carbocycles. The molecule has 1 aromatic rings. The monoisotopic (exact) mass is 291 g/mol. The van der Waals surface area contributed by atoms with Crippen LogP contribution in [0.3, 0.4) is 0 Å². The van der Waals surface area contributed by atoms with Crippen LogP contribution in [0.25, 0.3) is 0 Å². The maximum atomic E-state index is 8.56. The molecule has 0 bridgehead atoms. The molecule has 3 heteroatoms.